The highest BCUT2D eigenvalue weighted by Gasteiger charge is 2.30. The van der Waals surface area contributed by atoms with Gasteiger partial charge in [0.25, 0.3) is 0 Å². The molecule has 3 rings (SSSR count). The van der Waals surface area contributed by atoms with Gasteiger partial charge in [0.1, 0.15) is 5.82 Å². The topological polar surface area (TPSA) is 99.5 Å². The Morgan fingerprint density at radius 3 is 2.74 bits per heavy atom. The second-order valence-electron chi connectivity index (χ2n) is 5.58. The van der Waals surface area contributed by atoms with E-state index in [0.29, 0.717) is 23.2 Å². The van der Waals surface area contributed by atoms with Crippen LogP contribution >= 0.6 is 0 Å². The number of rotatable bonds is 2. The number of hydrogen-bond donors (Lipinski definition) is 3. The van der Waals surface area contributed by atoms with Crippen molar-refractivity contribution in [3.05, 3.63) is 35.3 Å². The summed E-state index contributed by atoms with van der Waals surface area (Å²) < 4.78 is 14.4. The fraction of sp³-hybridized carbons (Fsp3) is 0.267. The van der Waals surface area contributed by atoms with Gasteiger partial charge in [-0.1, -0.05) is 6.07 Å². The molecule has 0 spiro atoms. The van der Waals surface area contributed by atoms with Crippen LogP contribution in [0.5, 0.6) is 0 Å². The summed E-state index contributed by atoms with van der Waals surface area (Å²) in [7, 11) is -1.93. The van der Waals surface area contributed by atoms with Gasteiger partial charge in [0.2, 0.25) is 11.8 Å². The van der Waals surface area contributed by atoms with Crippen LogP contribution in [0.1, 0.15) is 30.0 Å². The van der Waals surface area contributed by atoms with Crippen molar-refractivity contribution in [2.45, 2.75) is 25.7 Å². The Labute approximate surface area is 131 Å². The van der Waals surface area contributed by atoms with Crippen LogP contribution in [0.25, 0.3) is 10.9 Å². The molecule has 1 unspecified atom stereocenters. The third kappa shape index (κ3) is 2.71. The van der Waals surface area contributed by atoms with Crippen LogP contribution < -0.4 is 10.8 Å². The number of aromatic nitrogens is 1. The van der Waals surface area contributed by atoms with Gasteiger partial charge in [-0.15, -0.1) is 0 Å². The fourth-order valence-corrected chi connectivity index (χ4v) is 2.88. The highest BCUT2D eigenvalue weighted by molar-refractivity contribution is 6.59. The minimum Gasteiger partial charge on any atom is -0.423 e. The number of amides is 2. The summed E-state index contributed by atoms with van der Waals surface area (Å²) >= 11 is 0. The molecule has 1 aromatic heterocycles. The van der Waals surface area contributed by atoms with E-state index in [1.165, 1.54) is 18.2 Å². The quantitative estimate of drug-likeness (QED) is 0.530. The number of nitrogens with one attached hydrogen (secondary N) is 1. The number of piperidine rings is 1. The molecule has 0 radical (unpaired) electrons. The number of pyridine rings is 1. The summed E-state index contributed by atoms with van der Waals surface area (Å²) in [6.07, 6.45) is 0.550. The predicted octanol–water partition coefficient (Wildman–Crippen LogP) is -0.118. The lowest BCUT2D eigenvalue weighted by Crippen LogP contribution is -2.39. The fourth-order valence-electron chi connectivity index (χ4n) is 2.88. The van der Waals surface area contributed by atoms with Gasteiger partial charge in [0.15, 0.2) is 0 Å². The Balaban J connectivity index is 2.14. The van der Waals surface area contributed by atoms with E-state index < -0.39 is 24.8 Å². The van der Waals surface area contributed by atoms with E-state index in [2.05, 4.69) is 10.3 Å². The third-order valence-electron chi connectivity index (χ3n) is 4.09. The van der Waals surface area contributed by atoms with Crippen molar-refractivity contribution in [2.75, 3.05) is 0 Å². The first-order chi connectivity index (χ1) is 10.9. The summed E-state index contributed by atoms with van der Waals surface area (Å²) in [6.45, 7) is 1.71. The van der Waals surface area contributed by atoms with Crippen LogP contribution in [-0.2, 0) is 9.59 Å². The van der Waals surface area contributed by atoms with E-state index in [0.717, 1.165) is 0 Å². The van der Waals surface area contributed by atoms with Crippen LogP contribution in [0.3, 0.4) is 0 Å². The molecule has 1 aliphatic heterocycles. The minimum atomic E-state index is -1.93. The molecular weight excluding hydrogens is 302 g/mol. The smallest absolute Gasteiger partial charge is 0.423 e. The molecule has 8 heteroatoms. The van der Waals surface area contributed by atoms with Crippen LogP contribution in [0.2, 0.25) is 0 Å². The number of benzene rings is 1. The number of fused-ring (bicyclic) bond motifs is 1. The Morgan fingerprint density at radius 2 is 2.09 bits per heavy atom. The molecule has 1 fully saturated rings. The second kappa shape index (κ2) is 5.71. The van der Waals surface area contributed by atoms with Crippen molar-refractivity contribution in [2.24, 2.45) is 0 Å². The maximum Gasteiger partial charge on any atom is 0.491 e. The van der Waals surface area contributed by atoms with Gasteiger partial charge in [0, 0.05) is 23.0 Å². The molecule has 1 saturated heterocycles. The van der Waals surface area contributed by atoms with Crippen LogP contribution in [-0.4, -0.2) is 34.0 Å². The average Bonchev–Trinajstić information content (AvgIpc) is 2.47. The first-order valence-electron chi connectivity index (χ1n) is 7.18. The monoisotopic (exact) mass is 316 g/mol. The number of halogens is 1. The van der Waals surface area contributed by atoms with Crippen LogP contribution in [0.4, 0.5) is 4.39 Å². The number of nitrogens with zero attached hydrogens (tertiary/aromatic N) is 1. The van der Waals surface area contributed by atoms with Gasteiger partial charge in [-0.25, -0.2) is 4.39 Å². The van der Waals surface area contributed by atoms with Crippen molar-refractivity contribution in [3.8, 4) is 0 Å². The van der Waals surface area contributed by atoms with E-state index in [-0.39, 0.29) is 23.2 Å². The van der Waals surface area contributed by atoms with E-state index in [1.54, 1.807) is 6.92 Å². The third-order valence-corrected chi connectivity index (χ3v) is 4.09. The van der Waals surface area contributed by atoms with Crippen molar-refractivity contribution in [1.29, 1.82) is 0 Å². The van der Waals surface area contributed by atoms with Crippen LogP contribution in [0, 0.1) is 12.7 Å². The van der Waals surface area contributed by atoms with Crippen molar-refractivity contribution >= 4 is 35.3 Å². The lowest BCUT2D eigenvalue weighted by molar-refractivity contribution is -0.134. The van der Waals surface area contributed by atoms with Gasteiger partial charge in [-0.3, -0.25) is 19.9 Å². The molecule has 118 valence electrons. The minimum absolute atomic E-state index is 0.112. The van der Waals surface area contributed by atoms with Crippen LogP contribution in [0.15, 0.2) is 18.2 Å². The van der Waals surface area contributed by atoms with Gasteiger partial charge in [-0.2, -0.15) is 0 Å². The molecule has 0 aliphatic carbocycles. The summed E-state index contributed by atoms with van der Waals surface area (Å²) in [5, 5.41) is 20.8. The van der Waals surface area contributed by atoms with E-state index >= 15 is 0 Å². The standard InChI is InChI=1S/C15H14BFN2O4/c1-7-9(8-2-5-13(20)19-15(8)21)6-10-12(18-7)4-3-11(14(10)17)16(22)23/h3-4,6,8,22-23H,2,5H2,1H3,(H,19,20,21). The summed E-state index contributed by atoms with van der Waals surface area (Å²) in [4.78, 5) is 27.6. The largest absolute Gasteiger partial charge is 0.491 e. The molecule has 0 saturated carbocycles. The number of carbonyl (C=O) groups excluding carboxylic acids is 2. The first kappa shape index (κ1) is 15.6. The van der Waals surface area contributed by atoms with Crippen molar-refractivity contribution in [3.63, 3.8) is 0 Å². The van der Waals surface area contributed by atoms with Gasteiger partial charge < -0.3 is 10.0 Å². The van der Waals surface area contributed by atoms with E-state index in [9.17, 15) is 24.0 Å². The SMILES string of the molecule is Cc1nc2ccc(B(O)O)c(F)c2cc1C1CCC(=O)NC1=O. The molecule has 2 heterocycles. The molecule has 6 nitrogen and oxygen atoms in total. The number of carbonyl (C=O) groups is 2. The Morgan fingerprint density at radius 1 is 1.35 bits per heavy atom. The lowest BCUT2D eigenvalue weighted by Gasteiger charge is -2.22. The zero-order chi connectivity index (χ0) is 16.7. The van der Waals surface area contributed by atoms with Gasteiger partial charge in [-0.05, 0) is 31.0 Å². The zero-order valence-electron chi connectivity index (χ0n) is 12.3. The molecule has 0 bridgehead atoms. The maximum absolute atomic E-state index is 14.4. The summed E-state index contributed by atoms with van der Waals surface area (Å²) in [5.74, 6) is -2.11. The lowest BCUT2D eigenvalue weighted by atomic mass is 9.78. The molecule has 1 atom stereocenters. The van der Waals surface area contributed by atoms with Gasteiger partial charge >= 0.3 is 7.12 Å². The molecular formula is C15H14BFN2O4. The maximum atomic E-state index is 14.4. The highest BCUT2D eigenvalue weighted by atomic mass is 19.1. The molecule has 1 aliphatic rings. The molecule has 23 heavy (non-hydrogen) atoms. The number of imide groups is 1. The Bertz CT molecular complexity index is 825. The summed E-state index contributed by atoms with van der Waals surface area (Å²) in [6, 6.07) is 4.26. The van der Waals surface area contributed by atoms with Crippen molar-refractivity contribution in [1.82, 2.24) is 10.3 Å². The number of hydrogen-bond acceptors (Lipinski definition) is 5. The second-order valence-corrected chi connectivity index (χ2v) is 5.58. The normalized spacial score (nSPS) is 18.2. The van der Waals surface area contributed by atoms with Gasteiger partial charge in [0.05, 0.1) is 11.4 Å². The average molecular weight is 316 g/mol. The van der Waals surface area contributed by atoms with E-state index in [4.69, 9.17) is 0 Å². The Hall–Kier alpha value is -2.32. The van der Waals surface area contributed by atoms with E-state index in [1.807, 2.05) is 0 Å². The molecule has 2 aromatic rings. The number of aryl methyl sites for hydroxylation is 1. The molecule has 3 N–H and O–H groups in total. The Kier molecular flexibility index (Phi) is 3.87. The first-order valence-corrected chi connectivity index (χ1v) is 7.18. The summed E-state index contributed by atoms with van der Waals surface area (Å²) in [5.41, 5.74) is 1.22. The zero-order valence-corrected chi connectivity index (χ0v) is 12.3. The molecule has 2 amide bonds. The highest BCUT2D eigenvalue weighted by Crippen LogP contribution is 2.29. The molecule has 1 aromatic carbocycles. The predicted molar refractivity (Wildman–Crippen MR) is 81.4 cm³/mol. The van der Waals surface area contributed by atoms with Crippen molar-refractivity contribution < 1.29 is 24.0 Å².